The molecule has 2 amide bonds. The van der Waals surface area contributed by atoms with Crippen LogP contribution in [-0.4, -0.2) is 37.0 Å². The molecule has 24 heavy (non-hydrogen) atoms. The first-order valence-electron chi connectivity index (χ1n) is 7.56. The van der Waals surface area contributed by atoms with Gasteiger partial charge in [0, 0.05) is 12.0 Å². The number of alkyl carbamates (subject to hydrolysis) is 1. The third kappa shape index (κ3) is 6.60. The van der Waals surface area contributed by atoms with Gasteiger partial charge >= 0.3 is 12.1 Å². The molecule has 0 saturated heterocycles. The van der Waals surface area contributed by atoms with Crippen molar-refractivity contribution in [2.24, 2.45) is 0 Å². The van der Waals surface area contributed by atoms with Crippen LogP contribution in [0.3, 0.4) is 0 Å². The summed E-state index contributed by atoms with van der Waals surface area (Å²) in [7, 11) is 0. The number of benzene rings is 1. The molecule has 7 nitrogen and oxygen atoms in total. The predicted molar refractivity (Wildman–Crippen MR) is 85.6 cm³/mol. The number of imide groups is 1. The van der Waals surface area contributed by atoms with Crippen molar-refractivity contribution < 1.29 is 28.7 Å². The molecule has 0 saturated carbocycles. The molecule has 1 N–H and O–H groups in total. The third-order valence-corrected chi connectivity index (χ3v) is 3.27. The minimum absolute atomic E-state index is 0.0131. The summed E-state index contributed by atoms with van der Waals surface area (Å²) in [6, 6.07) is 5.33. The van der Waals surface area contributed by atoms with E-state index in [1.807, 2.05) is 25.2 Å². The minimum Gasteiger partial charge on any atom is -0.456 e. The topological polar surface area (TPSA) is 98.8 Å². The summed E-state index contributed by atoms with van der Waals surface area (Å²) in [5.41, 5.74) is 2.61. The molecule has 0 bridgehead atoms. The summed E-state index contributed by atoms with van der Waals surface area (Å²) in [6.45, 7) is 4.97. The summed E-state index contributed by atoms with van der Waals surface area (Å²) in [5, 5.41) is 1.89. The van der Waals surface area contributed by atoms with Crippen LogP contribution in [-0.2, 0) is 19.1 Å². The van der Waals surface area contributed by atoms with Crippen molar-refractivity contribution in [2.75, 3.05) is 13.2 Å². The molecule has 0 atom stereocenters. The Kier molecular flexibility index (Phi) is 7.61. The zero-order valence-electron chi connectivity index (χ0n) is 14.0. The molecular formula is C17H21NO6. The molecular weight excluding hydrogens is 314 g/mol. The van der Waals surface area contributed by atoms with Crippen LogP contribution in [0, 0.1) is 13.8 Å². The number of Topliss-reactive ketones (excluding diaryl/α,β-unsaturated/α-hetero) is 1. The molecule has 0 heterocycles. The van der Waals surface area contributed by atoms with Crippen LogP contribution in [0.1, 0.15) is 41.3 Å². The van der Waals surface area contributed by atoms with Gasteiger partial charge < -0.3 is 9.47 Å². The molecule has 0 aliphatic rings. The lowest BCUT2D eigenvalue weighted by atomic mass is 10.0. The maximum Gasteiger partial charge on any atom is 0.413 e. The van der Waals surface area contributed by atoms with Crippen molar-refractivity contribution >= 4 is 23.8 Å². The van der Waals surface area contributed by atoms with E-state index in [1.54, 1.807) is 19.1 Å². The number of aryl methyl sites for hydroxylation is 2. The van der Waals surface area contributed by atoms with Crippen LogP contribution in [0.5, 0.6) is 0 Å². The van der Waals surface area contributed by atoms with E-state index >= 15 is 0 Å². The van der Waals surface area contributed by atoms with Gasteiger partial charge in [-0.2, -0.15) is 0 Å². The second-order valence-corrected chi connectivity index (χ2v) is 5.15. The van der Waals surface area contributed by atoms with Gasteiger partial charge in [0.25, 0.3) is 5.91 Å². The number of amides is 2. The molecule has 0 aliphatic carbocycles. The zero-order chi connectivity index (χ0) is 18.1. The molecule has 7 heteroatoms. The van der Waals surface area contributed by atoms with Crippen molar-refractivity contribution in [3.05, 3.63) is 34.9 Å². The van der Waals surface area contributed by atoms with Gasteiger partial charge in [0.15, 0.2) is 12.4 Å². The van der Waals surface area contributed by atoms with Gasteiger partial charge in [0.05, 0.1) is 13.0 Å². The SMILES string of the molecule is CCOC(=O)NC(=O)COC(=O)CCC(=O)c1ccc(C)c(C)c1. The average molecular weight is 335 g/mol. The van der Waals surface area contributed by atoms with Crippen LogP contribution >= 0.6 is 0 Å². The molecule has 0 fully saturated rings. The molecule has 1 aromatic rings. The highest BCUT2D eigenvalue weighted by Gasteiger charge is 2.14. The predicted octanol–water partition coefficient (Wildman–Crippen LogP) is 2.08. The Morgan fingerprint density at radius 2 is 1.71 bits per heavy atom. The number of carbonyl (C=O) groups excluding carboxylic acids is 4. The van der Waals surface area contributed by atoms with E-state index in [0.717, 1.165) is 11.1 Å². The Balaban J connectivity index is 2.35. The zero-order valence-corrected chi connectivity index (χ0v) is 14.0. The molecule has 0 aliphatic heterocycles. The summed E-state index contributed by atoms with van der Waals surface area (Å²) in [5.74, 6) is -1.65. The van der Waals surface area contributed by atoms with Crippen LogP contribution in [0.25, 0.3) is 0 Å². The Labute approximate surface area is 140 Å². The van der Waals surface area contributed by atoms with Crippen molar-refractivity contribution in [1.82, 2.24) is 5.32 Å². The number of nitrogens with one attached hydrogen (secondary N) is 1. The largest absolute Gasteiger partial charge is 0.456 e. The van der Waals surface area contributed by atoms with Crippen molar-refractivity contribution in [2.45, 2.75) is 33.6 Å². The van der Waals surface area contributed by atoms with Gasteiger partial charge in [-0.05, 0) is 38.0 Å². The second kappa shape index (κ2) is 9.44. The van der Waals surface area contributed by atoms with Crippen molar-refractivity contribution in [3.63, 3.8) is 0 Å². The molecule has 1 rings (SSSR count). The highest BCUT2D eigenvalue weighted by Crippen LogP contribution is 2.12. The first-order valence-corrected chi connectivity index (χ1v) is 7.56. The van der Waals surface area contributed by atoms with Gasteiger partial charge in [0.2, 0.25) is 0 Å². The quantitative estimate of drug-likeness (QED) is 0.605. The lowest BCUT2D eigenvalue weighted by Gasteiger charge is -2.06. The van der Waals surface area contributed by atoms with Crippen LogP contribution in [0.4, 0.5) is 4.79 Å². The number of hydrogen-bond acceptors (Lipinski definition) is 6. The molecule has 130 valence electrons. The Hall–Kier alpha value is -2.70. The first kappa shape index (κ1) is 19.3. The van der Waals surface area contributed by atoms with E-state index in [2.05, 4.69) is 4.74 Å². The average Bonchev–Trinajstić information content (AvgIpc) is 2.53. The maximum atomic E-state index is 12.0. The van der Waals surface area contributed by atoms with Crippen LogP contribution < -0.4 is 5.32 Å². The highest BCUT2D eigenvalue weighted by molar-refractivity contribution is 5.98. The fraction of sp³-hybridized carbons (Fsp3) is 0.412. The fourth-order valence-electron chi connectivity index (χ4n) is 1.81. The maximum absolute atomic E-state index is 12.0. The molecule has 0 unspecified atom stereocenters. The van der Waals surface area contributed by atoms with E-state index in [-0.39, 0.29) is 25.2 Å². The van der Waals surface area contributed by atoms with Gasteiger partial charge in [-0.15, -0.1) is 0 Å². The van der Waals surface area contributed by atoms with Gasteiger partial charge in [0.1, 0.15) is 0 Å². The normalized spacial score (nSPS) is 9.96. The summed E-state index contributed by atoms with van der Waals surface area (Å²) < 4.78 is 9.21. The van der Waals surface area contributed by atoms with Crippen LogP contribution in [0.2, 0.25) is 0 Å². The number of carbonyl (C=O) groups is 4. The number of hydrogen-bond donors (Lipinski definition) is 1. The lowest BCUT2D eigenvalue weighted by Crippen LogP contribution is -2.34. The molecule has 0 aromatic heterocycles. The molecule has 0 spiro atoms. The Bertz CT molecular complexity index is 638. The smallest absolute Gasteiger partial charge is 0.413 e. The minimum atomic E-state index is -0.900. The van der Waals surface area contributed by atoms with Gasteiger partial charge in [-0.25, -0.2) is 4.79 Å². The second-order valence-electron chi connectivity index (χ2n) is 5.15. The summed E-state index contributed by atoms with van der Waals surface area (Å²) >= 11 is 0. The lowest BCUT2D eigenvalue weighted by molar-refractivity contribution is -0.148. The standard InChI is InChI=1S/C17H21NO6/c1-4-23-17(22)18-15(20)10-24-16(21)8-7-14(19)13-6-5-11(2)12(3)9-13/h5-6,9H,4,7-8,10H2,1-3H3,(H,18,20,22). The van der Waals surface area contributed by atoms with Crippen LogP contribution in [0.15, 0.2) is 18.2 Å². The van der Waals surface area contributed by atoms with E-state index in [4.69, 9.17) is 4.74 Å². The third-order valence-electron chi connectivity index (χ3n) is 3.27. The van der Waals surface area contributed by atoms with E-state index < -0.39 is 24.6 Å². The number of ketones is 1. The Morgan fingerprint density at radius 3 is 2.33 bits per heavy atom. The van der Waals surface area contributed by atoms with Gasteiger partial charge in [-0.1, -0.05) is 12.1 Å². The van der Waals surface area contributed by atoms with E-state index in [0.29, 0.717) is 5.56 Å². The number of esters is 1. The van der Waals surface area contributed by atoms with E-state index in [9.17, 15) is 19.2 Å². The van der Waals surface area contributed by atoms with E-state index in [1.165, 1.54) is 0 Å². The molecule has 1 aromatic carbocycles. The van der Waals surface area contributed by atoms with Crippen molar-refractivity contribution in [1.29, 1.82) is 0 Å². The number of ether oxygens (including phenoxy) is 2. The number of rotatable bonds is 7. The summed E-state index contributed by atoms with van der Waals surface area (Å²) in [4.78, 5) is 45.9. The van der Waals surface area contributed by atoms with Gasteiger partial charge in [-0.3, -0.25) is 19.7 Å². The first-order chi connectivity index (χ1) is 11.3. The monoisotopic (exact) mass is 335 g/mol. The summed E-state index contributed by atoms with van der Waals surface area (Å²) in [6.07, 6.45) is -1.05. The Morgan fingerprint density at radius 1 is 1.00 bits per heavy atom. The fourth-order valence-corrected chi connectivity index (χ4v) is 1.81. The highest BCUT2D eigenvalue weighted by atomic mass is 16.6. The van der Waals surface area contributed by atoms with Crippen molar-refractivity contribution in [3.8, 4) is 0 Å². The molecule has 0 radical (unpaired) electrons.